The van der Waals surface area contributed by atoms with Crippen LogP contribution < -0.4 is 10.1 Å². The highest BCUT2D eigenvalue weighted by Crippen LogP contribution is 2.19. The number of ether oxygens (including phenoxy) is 1. The Labute approximate surface area is 97.9 Å². The third-order valence-electron chi connectivity index (χ3n) is 1.98. The number of aryl methyl sites for hydroxylation is 1. The zero-order valence-electron chi connectivity index (χ0n) is 8.84. The molecule has 0 aliphatic carbocycles. The predicted molar refractivity (Wildman–Crippen MR) is 63.9 cm³/mol. The summed E-state index contributed by atoms with van der Waals surface area (Å²) in [4.78, 5) is 11.7. The molecule has 0 aliphatic heterocycles. The smallest absolute Gasteiger partial charge is 0.255 e. The third-order valence-corrected chi connectivity index (χ3v) is 2.38. The molecule has 15 heavy (non-hydrogen) atoms. The number of hydrogen-bond donors (Lipinski definition) is 1. The molecular weight excluding hydrogens is 258 g/mol. The normalized spacial score (nSPS) is 9.80. The molecule has 3 nitrogen and oxygen atoms in total. The minimum atomic E-state index is -0.102. The monoisotopic (exact) mass is 271 g/mol. The third kappa shape index (κ3) is 3.23. The summed E-state index contributed by atoms with van der Waals surface area (Å²) in [6.07, 6.45) is 0. The molecule has 0 saturated heterocycles. The van der Waals surface area contributed by atoms with Crippen LogP contribution in [0, 0.1) is 6.92 Å². The first kappa shape index (κ1) is 12.0. The molecule has 1 N–H and O–H groups in total. The minimum Gasteiger partial charge on any atom is -0.496 e. The van der Waals surface area contributed by atoms with E-state index in [1.807, 2.05) is 19.1 Å². The Balaban J connectivity index is 2.90. The summed E-state index contributed by atoms with van der Waals surface area (Å²) in [5.41, 5.74) is 1.62. The SMILES string of the molecule is COc1ccc(C)cc1C(=O)NCCBr. The van der Waals surface area contributed by atoms with Gasteiger partial charge in [0.25, 0.3) is 5.91 Å². The van der Waals surface area contributed by atoms with Crippen molar-refractivity contribution in [3.05, 3.63) is 29.3 Å². The number of carbonyl (C=O) groups excluding carboxylic acids is 1. The van der Waals surface area contributed by atoms with Crippen molar-refractivity contribution in [2.24, 2.45) is 0 Å². The molecule has 0 aromatic heterocycles. The van der Waals surface area contributed by atoms with Crippen molar-refractivity contribution in [2.75, 3.05) is 19.0 Å². The van der Waals surface area contributed by atoms with Crippen molar-refractivity contribution in [1.29, 1.82) is 0 Å². The Hall–Kier alpha value is -1.03. The first-order valence-corrected chi connectivity index (χ1v) is 5.80. The second-order valence-electron chi connectivity index (χ2n) is 3.15. The summed E-state index contributed by atoms with van der Waals surface area (Å²) in [6.45, 7) is 2.55. The predicted octanol–water partition coefficient (Wildman–Crippen LogP) is 2.13. The molecule has 0 unspecified atom stereocenters. The van der Waals surface area contributed by atoms with Crippen LogP contribution in [0.4, 0.5) is 0 Å². The van der Waals surface area contributed by atoms with Crippen molar-refractivity contribution in [3.8, 4) is 5.75 Å². The van der Waals surface area contributed by atoms with Crippen LogP contribution in [0.2, 0.25) is 0 Å². The molecule has 1 aromatic carbocycles. The van der Waals surface area contributed by atoms with Crippen LogP contribution in [0.15, 0.2) is 18.2 Å². The standard InChI is InChI=1S/C11H14BrNO2/c1-8-3-4-10(15-2)9(7-8)11(14)13-6-5-12/h3-4,7H,5-6H2,1-2H3,(H,13,14). The van der Waals surface area contributed by atoms with Gasteiger partial charge in [0.2, 0.25) is 0 Å². The fourth-order valence-corrected chi connectivity index (χ4v) is 1.45. The maximum Gasteiger partial charge on any atom is 0.255 e. The number of halogens is 1. The van der Waals surface area contributed by atoms with Gasteiger partial charge >= 0.3 is 0 Å². The topological polar surface area (TPSA) is 38.3 Å². The van der Waals surface area contributed by atoms with E-state index in [2.05, 4.69) is 21.2 Å². The van der Waals surface area contributed by atoms with E-state index >= 15 is 0 Å². The highest BCUT2D eigenvalue weighted by Gasteiger charge is 2.11. The molecule has 0 saturated carbocycles. The molecule has 0 atom stereocenters. The van der Waals surface area contributed by atoms with E-state index in [1.54, 1.807) is 13.2 Å². The molecule has 1 aromatic rings. The lowest BCUT2D eigenvalue weighted by Gasteiger charge is -2.09. The van der Waals surface area contributed by atoms with Crippen molar-refractivity contribution >= 4 is 21.8 Å². The highest BCUT2D eigenvalue weighted by molar-refractivity contribution is 9.09. The van der Waals surface area contributed by atoms with Crippen molar-refractivity contribution in [1.82, 2.24) is 5.32 Å². The van der Waals surface area contributed by atoms with Gasteiger partial charge in [-0.2, -0.15) is 0 Å². The summed E-state index contributed by atoms with van der Waals surface area (Å²) < 4.78 is 5.13. The molecule has 82 valence electrons. The quantitative estimate of drug-likeness (QED) is 0.853. The largest absolute Gasteiger partial charge is 0.496 e. The average molecular weight is 272 g/mol. The zero-order valence-corrected chi connectivity index (χ0v) is 10.4. The van der Waals surface area contributed by atoms with Crippen molar-refractivity contribution in [2.45, 2.75) is 6.92 Å². The Bertz CT molecular complexity index is 352. The summed E-state index contributed by atoms with van der Waals surface area (Å²) in [5, 5.41) is 3.53. The summed E-state index contributed by atoms with van der Waals surface area (Å²) in [6, 6.07) is 5.54. The molecular formula is C11H14BrNO2. The van der Waals surface area contributed by atoms with Crippen LogP contribution >= 0.6 is 15.9 Å². The number of rotatable bonds is 4. The van der Waals surface area contributed by atoms with Gasteiger partial charge < -0.3 is 10.1 Å². The van der Waals surface area contributed by atoms with Gasteiger partial charge in [-0.15, -0.1) is 0 Å². The Morgan fingerprint density at radius 3 is 2.87 bits per heavy atom. The number of methoxy groups -OCH3 is 1. The van der Waals surface area contributed by atoms with Gasteiger partial charge in [0.15, 0.2) is 0 Å². The number of carbonyl (C=O) groups is 1. The van der Waals surface area contributed by atoms with Crippen LogP contribution in [-0.2, 0) is 0 Å². The van der Waals surface area contributed by atoms with Gasteiger partial charge in [0, 0.05) is 11.9 Å². The van der Waals surface area contributed by atoms with E-state index in [1.165, 1.54) is 0 Å². The zero-order chi connectivity index (χ0) is 11.3. The Morgan fingerprint density at radius 1 is 1.53 bits per heavy atom. The summed E-state index contributed by atoms with van der Waals surface area (Å²) in [7, 11) is 1.56. The van der Waals surface area contributed by atoms with Crippen molar-refractivity contribution < 1.29 is 9.53 Å². The number of hydrogen-bond acceptors (Lipinski definition) is 2. The highest BCUT2D eigenvalue weighted by atomic mass is 79.9. The Kier molecular flexibility index (Phi) is 4.62. The van der Waals surface area contributed by atoms with Crippen LogP contribution in [-0.4, -0.2) is 24.9 Å². The van der Waals surface area contributed by atoms with Gasteiger partial charge in [-0.1, -0.05) is 27.6 Å². The van der Waals surface area contributed by atoms with Crippen LogP contribution in [0.1, 0.15) is 15.9 Å². The number of benzene rings is 1. The van der Waals surface area contributed by atoms with Gasteiger partial charge in [0.1, 0.15) is 5.75 Å². The molecule has 0 fully saturated rings. The first-order valence-electron chi connectivity index (χ1n) is 4.68. The molecule has 0 heterocycles. The molecule has 0 spiro atoms. The van der Waals surface area contributed by atoms with E-state index in [0.29, 0.717) is 17.9 Å². The maximum atomic E-state index is 11.7. The fourth-order valence-electron chi connectivity index (χ4n) is 1.26. The summed E-state index contributed by atoms with van der Waals surface area (Å²) >= 11 is 3.25. The van der Waals surface area contributed by atoms with Crippen molar-refractivity contribution in [3.63, 3.8) is 0 Å². The molecule has 0 radical (unpaired) electrons. The van der Waals surface area contributed by atoms with Crippen LogP contribution in [0.3, 0.4) is 0 Å². The summed E-state index contributed by atoms with van der Waals surface area (Å²) in [5.74, 6) is 0.502. The molecule has 1 amide bonds. The lowest BCUT2D eigenvalue weighted by molar-refractivity contribution is 0.0953. The molecule has 1 rings (SSSR count). The molecule has 4 heteroatoms. The number of nitrogens with one attached hydrogen (secondary N) is 1. The molecule has 0 bridgehead atoms. The van der Waals surface area contributed by atoms with E-state index in [0.717, 1.165) is 10.9 Å². The maximum absolute atomic E-state index is 11.7. The van der Waals surface area contributed by atoms with E-state index in [9.17, 15) is 4.79 Å². The van der Waals surface area contributed by atoms with Crippen LogP contribution in [0.5, 0.6) is 5.75 Å². The Morgan fingerprint density at radius 2 is 2.27 bits per heavy atom. The van der Waals surface area contributed by atoms with E-state index in [-0.39, 0.29) is 5.91 Å². The fraction of sp³-hybridized carbons (Fsp3) is 0.364. The van der Waals surface area contributed by atoms with Gasteiger partial charge in [-0.25, -0.2) is 0 Å². The van der Waals surface area contributed by atoms with Gasteiger partial charge in [-0.05, 0) is 19.1 Å². The number of amides is 1. The number of alkyl halides is 1. The van der Waals surface area contributed by atoms with Gasteiger partial charge in [0.05, 0.1) is 12.7 Å². The minimum absolute atomic E-state index is 0.102. The van der Waals surface area contributed by atoms with E-state index in [4.69, 9.17) is 4.74 Å². The lowest BCUT2D eigenvalue weighted by Crippen LogP contribution is -2.25. The van der Waals surface area contributed by atoms with Crippen LogP contribution in [0.25, 0.3) is 0 Å². The average Bonchev–Trinajstić information content (AvgIpc) is 2.25. The van der Waals surface area contributed by atoms with E-state index < -0.39 is 0 Å². The second-order valence-corrected chi connectivity index (χ2v) is 3.94. The first-order chi connectivity index (χ1) is 7.19. The second kappa shape index (κ2) is 5.75. The molecule has 0 aliphatic rings. The lowest BCUT2D eigenvalue weighted by atomic mass is 10.1. The van der Waals surface area contributed by atoms with Gasteiger partial charge in [-0.3, -0.25) is 4.79 Å².